The van der Waals surface area contributed by atoms with Crippen molar-refractivity contribution in [3.05, 3.63) is 48.3 Å². The van der Waals surface area contributed by atoms with E-state index in [4.69, 9.17) is 4.74 Å². The smallest absolute Gasteiger partial charge is 0.226 e. The molecular weight excluding hydrogens is 340 g/mol. The lowest BCUT2D eigenvalue weighted by Crippen LogP contribution is -2.40. The number of carbonyl (C=O) groups is 1. The molecule has 2 aromatic rings. The van der Waals surface area contributed by atoms with Crippen molar-refractivity contribution in [1.29, 1.82) is 0 Å². The fourth-order valence-electron chi connectivity index (χ4n) is 3.93. The minimum absolute atomic E-state index is 0.143. The zero-order chi connectivity index (χ0) is 18.6. The summed E-state index contributed by atoms with van der Waals surface area (Å²) < 4.78 is 5.30. The molecular formula is C21H26N4O2. The molecule has 1 aromatic heterocycles. The lowest BCUT2D eigenvalue weighted by molar-refractivity contribution is -0.134. The summed E-state index contributed by atoms with van der Waals surface area (Å²) in [5.41, 5.74) is 1.22. The summed E-state index contributed by atoms with van der Waals surface area (Å²) in [5, 5.41) is 3.30. The number of piperidine rings is 1. The number of nitrogens with zero attached hydrogens (tertiary/aromatic N) is 3. The average molecular weight is 366 g/mol. The predicted molar refractivity (Wildman–Crippen MR) is 104 cm³/mol. The minimum Gasteiger partial charge on any atom is -0.497 e. The average Bonchev–Trinajstić information content (AvgIpc) is 3.54. The Morgan fingerprint density at radius 3 is 2.74 bits per heavy atom. The highest BCUT2D eigenvalue weighted by Gasteiger charge is 2.46. The van der Waals surface area contributed by atoms with Crippen molar-refractivity contribution in [1.82, 2.24) is 14.9 Å². The molecule has 1 aliphatic heterocycles. The van der Waals surface area contributed by atoms with Crippen LogP contribution in [-0.2, 0) is 4.79 Å². The number of amides is 1. The third-order valence-electron chi connectivity index (χ3n) is 5.67. The molecule has 1 saturated heterocycles. The van der Waals surface area contributed by atoms with Crippen LogP contribution in [0.2, 0.25) is 0 Å². The molecule has 1 aromatic carbocycles. The number of hydrogen-bond acceptors (Lipinski definition) is 5. The summed E-state index contributed by atoms with van der Waals surface area (Å²) in [4.78, 5) is 23.3. The zero-order valence-corrected chi connectivity index (χ0v) is 15.7. The summed E-state index contributed by atoms with van der Waals surface area (Å²) in [6.45, 7) is 2.56. The number of ether oxygens (including phenoxy) is 1. The SMILES string of the molecule is COc1cccc(C2CC2C(=O)N2CCC(CNc3ncccn3)CC2)c1. The second kappa shape index (κ2) is 7.94. The van der Waals surface area contributed by atoms with Crippen LogP contribution >= 0.6 is 0 Å². The van der Waals surface area contributed by atoms with Gasteiger partial charge in [-0.25, -0.2) is 9.97 Å². The molecule has 2 aliphatic rings. The second-order valence-electron chi connectivity index (χ2n) is 7.45. The standard InChI is InChI=1S/C21H26N4O2/c1-27-17-5-2-4-16(12-17)18-13-19(18)20(26)25-10-6-15(7-11-25)14-24-21-22-8-3-9-23-21/h2-5,8-9,12,15,18-19H,6-7,10-11,13-14H2,1H3,(H,22,23,24). The van der Waals surface area contributed by atoms with Crippen LogP contribution in [0.5, 0.6) is 5.75 Å². The van der Waals surface area contributed by atoms with E-state index in [2.05, 4.69) is 32.3 Å². The van der Waals surface area contributed by atoms with Crippen LogP contribution in [0, 0.1) is 11.8 Å². The van der Waals surface area contributed by atoms with Crippen LogP contribution in [-0.4, -0.2) is 47.5 Å². The van der Waals surface area contributed by atoms with Crippen LogP contribution in [0.1, 0.15) is 30.7 Å². The van der Waals surface area contributed by atoms with Gasteiger partial charge in [0.15, 0.2) is 0 Å². The summed E-state index contributed by atoms with van der Waals surface area (Å²) >= 11 is 0. The lowest BCUT2D eigenvalue weighted by atomic mass is 9.96. The van der Waals surface area contributed by atoms with Crippen LogP contribution in [0.4, 0.5) is 5.95 Å². The van der Waals surface area contributed by atoms with Crippen LogP contribution in [0.25, 0.3) is 0 Å². The summed E-state index contributed by atoms with van der Waals surface area (Å²) in [5.74, 6) is 2.91. The monoisotopic (exact) mass is 366 g/mol. The Balaban J connectivity index is 1.24. The van der Waals surface area contributed by atoms with Gasteiger partial charge in [0.25, 0.3) is 0 Å². The summed E-state index contributed by atoms with van der Waals surface area (Å²) in [6, 6.07) is 9.92. The van der Waals surface area contributed by atoms with Gasteiger partial charge in [0.2, 0.25) is 11.9 Å². The van der Waals surface area contributed by atoms with Gasteiger partial charge in [0.1, 0.15) is 5.75 Å². The Morgan fingerprint density at radius 2 is 2.00 bits per heavy atom. The van der Waals surface area contributed by atoms with Gasteiger partial charge in [-0.15, -0.1) is 0 Å². The van der Waals surface area contributed by atoms with E-state index >= 15 is 0 Å². The number of methoxy groups -OCH3 is 1. The fourth-order valence-corrected chi connectivity index (χ4v) is 3.93. The molecule has 1 saturated carbocycles. The largest absolute Gasteiger partial charge is 0.497 e. The van der Waals surface area contributed by atoms with Crippen molar-refractivity contribution in [3.63, 3.8) is 0 Å². The number of aromatic nitrogens is 2. The zero-order valence-electron chi connectivity index (χ0n) is 15.7. The van der Waals surface area contributed by atoms with Crippen LogP contribution < -0.4 is 10.1 Å². The van der Waals surface area contributed by atoms with E-state index in [0.717, 1.165) is 44.6 Å². The first-order valence-electron chi connectivity index (χ1n) is 9.68. The molecule has 0 radical (unpaired) electrons. The van der Waals surface area contributed by atoms with E-state index in [0.29, 0.717) is 23.7 Å². The van der Waals surface area contributed by atoms with Crippen LogP contribution in [0.15, 0.2) is 42.7 Å². The van der Waals surface area contributed by atoms with E-state index in [-0.39, 0.29) is 5.92 Å². The van der Waals surface area contributed by atoms with Crippen molar-refractivity contribution in [2.75, 3.05) is 32.1 Å². The first-order valence-corrected chi connectivity index (χ1v) is 9.68. The maximum atomic E-state index is 12.8. The molecule has 2 fully saturated rings. The molecule has 1 amide bonds. The molecule has 2 heterocycles. The molecule has 0 spiro atoms. The fraction of sp³-hybridized carbons (Fsp3) is 0.476. The topological polar surface area (TPSA) is 67.3 Å². The van der Waals surface area contributed by atoms with Gasteiger partial charge in [-0.2, -0.15) is 0 Å². The maximum absolute atomic E-state index is 12.8. The van der Waals surface area contributed by atoms with Gasteiger partial charge in [-0.1, -0.05) is 12.1 Å². The first-order chi connectivity index (χ1) is 13.2. The van der Waals surface area contributed by atoms with E-state index in [1.807, 2.05) is 18.2 Å². The van der Waals surface area contributed by atoms with E-state index in [1.165, 1.54) is 5.56 Å². The Hall–Kier alpha value is -2.63. The normalized spacial score (nSPS) is 22.3. The van der Waals surface area contributed by atoms with E-state index in [1.54, 1.807) is 19.5 Å². The molecule has 1 aliphatic carbocycles. The van der Waals surface area contributed by atoms with Gasteiger partial charge in [0.05, 0.1) is 7.11 Å². The van der Waals surface area contributed by atoms with Crippen molar-refractivity contribution < 1.29 is 9.53 Å². The van der Waals surface area contributed by atoms with Crippen molar-refractivity contribution in [2.24, 2.45) is 11.8 Å². The molecule has 2 unspecified atom stereocenters. The van der Waals surface area contributed by atoms with Crippen molar-refractivity contribution in [3.8, 4) is 5.75 Å². The Bertz CT molecular complexity index is 775. The summed E-state index contributed by atoms with van der Waals surface area (Å²) in [6.07, 6.45) is 6.50. The van der Waals surface area contributed by atoms with Gasteiger partial charge in [-0.3, -0.25) is 4.79 Å². The number of anilines is 1. The van der Waals surface area contributed by atoms with E-state index < -0.39 is 0 Å². The molecule has 2 atom stereocenters. The number of nitrogens with one attached hydrogen (secondary N) is 1. The molecule has 27 heavy (non-hydrogen) atoms. The van der Waals surface area contributed by atoms with Gasteiger partial charge < -0.3 is 15.0 Å². The third-order valence-corrected chi connectivity index (χ3v) is 5.67. The predicted octanol–water partition coefficient (Wildman–Crippen LogP) is 2.94. The Kier molecular flexibility index (Phi) is 5.23. The molecule has 6 nitrogen and oxygen atoms in total. The molecule has 142 valence electrons. The highest BCUT2D eigenvalue weighted by Crippen LogP contribution is 2.49. The molecule has 4 rings (SSSR count). The number of benzene rings is 1. The van der Waals surface area contributed by atoms with Gasteiger partial charge >= 0.3 is 0 Å². The first kappa shape index (κ1) is 17.8. The van der Waals surface area contributed by atoms with E-state index in [9.17, 15) is 4.79 Å². The molecule has 6 heteroatoms. The Morgan fingerprint density at radius 1 is 1.22 bits per heavy atom. The third kappa shape index (κ3) is 4.21. The lowest BCUT2D eigenvalue weighted by Gasteiger charge is -2.32. The van der Waals surface area contributed by atoms with Crippen molar-refractivity contribution in [2.45, 2.75) is 25.2 Å². The van der Waals surface area contributed by atoms with Gasteiger partial charge in [0, 0.05) is 37.9 Å². The van der Waals surface area contributed by atoms with Crippen molar-refractivity contribution >= 4 is 11.9 Å². The minimum atomic E-state index is 0.143. The highest BCUT2D eigenvalue weighted by atomic mass is 16.5. The Labute approximate surface area is 160 Å². The maximum Gasteiger partial charge on any atom is 0.226 e. The number of likely N-dealkylation sites (tertiary alicyclic amines) is 1. The number of hydrogen-bond donors (Lipinski definition) is 1. The highest BCUT2D eigenvalue weighted by molar-refractivity contribution is 5.83. The summed E-state index contributed by atoms with van der Waals surface area (Å²) in [7, 11) is 1.68. The number of carbonyl (C=O) groups excluding carboxylic acids is 1. The number of rotatable bonds is 6. The van der Waals surface area contributed by atoms with Crippen LogP contribution in [0.3, 0.4) is 0 Å². The molecule has 0 bridgehead atoms. The quantitative estimate of drug-likeness (QED) is 0.851. The molecule has 1 N–H and O–H groups in total. The second-order valence-corrected chi connectivity index (χ2v) is 7.45. The van der Waals surface area contributed by atoms with Gasteiger partial charge in [-0.05, 0) is 54.9 Å².